The van der Waals surface area contributed by atoms with Gasteiger partial charge in [0, 0.05) is 11.1 Å². The molecule has 21 heavy (non-hydrogen) atoms. The monoisotopic (exact) mass is 284 g/mol. The van der Waals surface area contributed by atoms with Gasteiger partial charge in [-0.25, -0.2) is 0 Å². The largest absolute Gasteiger partial charge is 0.481 e. The molecule has 1 aliphatic rings. The van der Waals surface area contributed by atoms with Gasteiger partial charge in [0.1, 0.15) is 5.92 Å². The van der Waals surface area contributed by atoms with Crippen LogP contribution in [-0.4, -0.2) is 24.3 Å². The van der Waals surface area contributed by atoms with Crippen molar-refractivity contribution in [1.82, 2.24) is 0 Å². The number of carboxylic acid groups (broad SMARTS) is 1. The molecule has 108 valence electrons. The molecule has 1 aliphatic heterocycles. The molecule has 0 amide bonds. The first-order chi connectivity index (χ1) is 10.2. The first kappa shape index (κ1) is 13.8. The number of carboxylic acids is 1. The van der Waals surface area contributed by atoms with E-state index in [2.05, 4.69) is 0 Å². The second-order valence-corrected chi connectivity index (χ2v) is 5.01. The molecule has 0 atom stereocenters. The molecule has 0 radical (unpaired) electrons. The fourth-order valence-corrected chi connectivity index (χ4v) is 2.48. The normalized spacial score (nSPS) is 18.3. The van der Waals surface area contributed by atoms with E-state index < -0.39 is 17.7 Å². The maximum absolute atomic E-state index is 11.1. The summed E-state index contributed by atoms with van der Waals surface area (Å²) in [6.07, 6.45) is 0. The van der Waals surface area contributed by atoms with E-state index in [-0.39, 0.29) is 13.2 Å². The molecule has 0 unspecified atom stereocenters. The summed E-state index contributed by atoms with van der Waals surface area (Å²) in [6.45, 7) is 0.248. The van der Waals surface area contributed by atoms with Crippen LogP contribution in [0.2, 0.25) is 0 Å². The lowest BCUT2D eigenvalue weighted by atomic mass is 9.95. The van der Waals surface area contributed by atoms with Gasteiger partial charge in [-0.2, -0.15) is 0 Å². The van der Waals surface area contributed by atoms with Gasteiger partial charge in [0.2, 0.25) is 5.79 Å². The minimum absolute atomic E-state index is 0.124. The van der Waals surface area contributed by atoms with Crippen LogP contribution in [0.4, 0.5) is 0 Å². The predicted molar refractivity (Wildman–Crippen MR) is 76.7 cm³/mol. The van der Waals surface area contributed by atoms with E-state index in [1.807, 2.05) is 60.7 Å². The Labute approximate surface area is 122 Å². The molecule has 0 aliphatic carbocycles. The first-order valence-electron chi connectivity index (χ1n) is 6.84. The lowest BCUT2D eigenvalue weighted by Crippen LogP contribution is -2.45. The number of hydrogen-bond acceptors (Lipinski definition) is 3. The number of ether oxygens (including phenoxy) is 2. The van der Waals surface area contributed by atoms with E-state index >= 15 is 0 Å². The van der Waals surface area contributed by atoms with Gasteiger partial charge in [-0.1, -0.05) is 60.7 Å². The molecule has 2 aromatic rings. The second kappa shape index (κ2) is 5.68. The summed E-state index contributed by atoms with van der Waals surface area (Å²) in [5.74, 6) is -2.57. The third kappa shape index (κ3) is 2.55. The van der Waals surface area contributed by atoms with Gasteiger partial charge in [-0.05, 0) is 0 Å². The average Bonchev–Trinajstić information content (AvgIpc) is 2.56. The highest BCUT2D eigenvalue weighted by molar-refractivity contribution is 5.70. The van der Waals surface area contributed by atoms with Crippen LogP contribution in [0.5, 0.6) is 0 Å². The molecule has 1 N–H and O–H groups in total. The second-order valence-electron chi connectivity index (χ2n) is 5.01. The van der Waals surface area contributed by atoms with Gasteiger partial charge in [-0.3, -0.25) is 4.79 Å². The fourth-order valence-electron chi connectivity index (χ4n) is 2.48. The Kier molecular flexibility index (Phi) is 3.73. The van der Waals surface area contributed by atoms with Gasteiger partial charge in [0.15, 0.2) is 0 Å². The summed E-state index contributed by atoms with van der Waals surface area (Å²) >= 11 is 0. The number of rotatable bonds is 3. The van der Waals surface area contributed by atoms with Crippen molar-refractivity contribution in [2.24, 2.45) is 5.92 Å². The molecule has 0 spiro atoms. The predicted octanol–water partition coefficient (Wildman–Crippen LogP) is 2.64. The summed E-state index contributed by atoms with van der Waals surface area (Å²) < 4.78 is 11.8. The zero-order chi connectivity index (χ0) is 14.7. The molecule has 0 aromatic heterocycles. The van der Waals surface area contributed by atoms with E-state index in [9.17, 15) is 4.79 Å². The molecule has 1 saturated heterocycles. The molecule has 4 nitrogen and oxygen atoms in total. The Balaban J connectivity index is 2.00. The molecule has 1 heterocycles. The van der Waals surface area contributed by atoms with Crippen LogP contribution in [-0.2, 0) is 20.1 Å². The van der Waals surface area contributed by atoms with Crippen molar-refractivity contribution in [2.75, 3.05) is 13.2 Å². The van der Waals surface area contributed by atoms with E-state index in [0.717, 1.165) is 11.1 Å². The van der Waals surface area contributed by atoms with Crippen LogP contribution in [0, 0.1) is 5.92 Å². The third-order valence-electron chi connectivity index (χ3n) is 3.63. The maximum Gasteiger partial charge on any atom is 0.311 e. The maximum atomic E-state index is 11.1. The molecule has 2 aromatic carbocycles. The molecular formula is C17H16O4. The number of benzene rings is 2. The SMILES string of the molecule is O=C(O)C1COC(c2ccccc2)(c2ccccc2)OC1. The highest BCUT2D eigenvalue weighted by atomic mass is 16.7. The summed E-state index contributed by atoms with van der Waals surface area (Å²) in [7, 11) is 0. The Morgan fingerprint density at radius 3 is 1.71 bits per heavy atom. The van der Waals surface area contributed by atoms with Crippen molar-refractivity contribution in [3.63, 3.8) is 0 Å². The Morgan fingerprint density at radius 1 is 0.905 bits per heavy atom. The minimum atomic E-state index is -1.03. The number of hydrogen-bond donors (Lipinski definition) is 1. The van der Waals surface area contributed by atoms with Crippen LogP contribution >= 0.6 is 0 Å². The van der Waals surface area contributed by atoms with Gasteiger partial charge in [-0.15, -0.1) is 0 Å². The topological polar surface area (TPSA) is 55.8 Å². The zero-order valence-corrected chi connectivity index (χ0v) is 11.4. The Hall–Kier alpha value is -2.17. The molecule has 4 heteroatoms. The zero-order valence-electron chi connectivity index (χ0n) is 11.4. The van der Waals surface area contributed by atoms with Crippen molar-refractivity contribution >= 4 is 5.97 Å². The molecule has 3 rings (SSSR count). The smallest absolute Gasteiger partial charge is 0.311 e. The summed E-state index contributed by atoms with van der Waals surface area (Å²) in [6, 6.07) is 19.2. The minimum Gasteiger partial charge on any atom is -0.481 e. The first-order valence-corrected chi connectivity index (χ1v) is 6.84. The van der Waals surface area contributed by atoms with Crippen LogP contribution in [0.1, 0.15) is 11.1 Å². The number of carbonyl (C=O) groups is 1. The molecule has 0 bridgehead atoms. The fraction of sp³-hybridized carbons (Fsp3) is 0.235. The van der Waals surface area contributed by atoms with Crippen molar-refractivity contribution in [3.05, 3.63) is 71.8 Å². The number of aliphatic carboxylic acids is 1. The van der Waals surface area contributed by atoms with Crippen molar-refractivity contribution < 1.29 is 19.4 Å². The quantitative estimate of drug-likeness (QED) is 0.941. The van der Waals surface area contributed by atoms with E-state index in [0.29, 0.717) is 0 Å². The summed E-state index contributed by atoms with van der Waals surface area (Å²) in [5, 5.41) is 9.09. The van der Waals surface area contributed by atoms with Crippen LogP contribution < -0.4 is 0 Å². The molecule has 0 saturated carbocycles. The van der Waals surface area contributed by atoms with E-state index in [1.165, 1.54) is 0 Å². The van der Waals surface area contributed by atoms with Gasteiger partial charge >= 0.3 is 5.97 Å². The van der Waals surface area contributed by atoms with Gasteiger partial charge in [0.25, 0.3) is 0 Å². The van der Waals surface area contributed by atoms with Crippen molar-refractivity contribution in [3.8, 4) is 0 Å². The highest BCUT2D eigenvalue weighted by Crippen LogP contribution is 2.38. The van der Waals surface area contributed by atoms with Crippen molar-refractivity contribution in [1.29, 1.82) is 0 Å². The average molecular weight is 284 g/mol. The standard InChI is InChI=1S/C17H16O4/c18-16(19)13-11-20-17(21-12-13,14-7-3-1-4-8-14)15-9-5-2-6-10-15/h1-10,13H,11-12H2,(H,18,19). The highest BCUT2D eigenvalue weighted by Gasteiger charge is 2.42. The van der Waals surface area contributed by atoms with Crippen LogP contribution in [0.15, 0.2) is 60.7 Å². The lowest BCUT2D eigenvalue weighted by Gasteiger charge is -2.39. The molecular weight excluding hydrogens is 268 g/mol. The van der Waals surface area contributed by atoms with E-state index in [1.54, 1.807) is 0 Å². The van der Waals surface area contributed by atoms with Gasteiger partial charge < -0.3 is 14.6 Å². The van der Waals surface area contributed by atoms with Crippen LogP contribution in [0.3, 0.4) is 0 Å². The molecule has 1 fully saturated rings. The van der Waals surface area contributed by atoms with Crippen LogP contribution in [0.25, 0.3) is 0 Å². The Morgan fingerprint density at radius 2 is 1.33 bits per heavy atom. The van der Waals surface area contributed by atoms with Crippen molar-refractivity contribution in [2.45, 2.75) is 5.79 Å². The lowest BCUT2D eigenvalue weighted by molar-refractivity contribution is -0.266. The van der Waals surface area contributed by atoms with Gasteiger partial charge in [0.05, 0.1) is 13.2 Å². The van der Waals surface area contributed by atoms with E-state index in [4.69, 9.17) is 14.6 Å². The summed E-state index contributed by atoms with van der Waals surface area (Å²) in [4.78, 5) is 11.1. The Bertz CT molecular complexity index is 560. The third-order valence-corrected chi connectivity index (χ3v) is 3.63. The summed E-state index contributed by atoms with van der Waals surface area (Å²) in [5.41, 5.74) is 1.72.